The number of benzene rings is 1. The molecule has 0 saturated carbocycles. The minimum atomic E-state index is -0.285. The van der Waals surface area contributed by atoms with Crippen molar-refractivity contribution in [2.24, 2.45) is 0 Å². The zero-order valence-corrected chi connectivity index (χ0v) is 18.1. The summed E-state index contributed by atoms with van der Waals surface area (Å²) >= 11 is 0. The maximum atomic E-state index is 11.7. The van der Waals surface area contributed by atoms with Gasteiger partial charge in [0, 0.05) is 42.6 Å². The molecule has 164 valence electrons. The summed E-state index contributed by atoms with van der Waals surface area (Å²) in [6, 6.07) is 6.26. The van der Waals surface area contributed by atoms with Crippen molar-refractivity contribution in [3.8, 4) is 11.5 Å². The Hall–Kier alpha value is -2.94. The zero-order chi connectivity index (χ0) is 21.6. The molecule has 1 amide bonds. The number of piperidine rings is 1. The summed E-state index contributed by atoms with van der Waals surface area (Å²) in [4.78, 5) is 18.0. The number of ether oxygens (including phenoxy) is 2. The highest BCUT2D eigenvalue weighted by molar-refractivity contribution is 5.82. The quantitative estimate of drug-likeness (QED) is 0.630. The number of nitrogens with zero attached hydrogens (tertiary/aromatic N) is 5. The van der Waals surface area contributed by atoms with Crippen molar-refractivity contribution in [2.75, 3.05) is 26.8 Å². The number of hydrogen-bond acceptors (Lipinski definition) is 7. The van der Waals surface area contributed by atoms with Crippen molar-refractivity contribution in [1.82, 2.24) is 24.8 Å². The largest absolute Gasteiger partial charge is 0.453 e. The minimum Gasteiger partial charge on any atom is -0.453 e. The van der Waals surface area contributed by atoms with Gasteiger partial charge in [-0.05, 0) is 38.8 Å². The van der Waals surface area contributed by atoms with E-state index in [1.54, 1.807) is 4.90 Å². The highest BCUT2D eigenvalue weighted by atomic mass is 16.5. The highest BCUT2D eigenvalue weighted by Gasteiger charge is 2.33. The number of rotatable bonds is 3. The third kappa shape index (κ3) is 3.89. The molecule has 5 rings (SSSR count). The predicted molar refractivity (Wildman–Crippen MR) is 113 cm³/mol. The van der Waals surface area contributed by atoms with Crippen LogP contribution in [-0.2, 0) is 9.47 Å². The number of aromatic nitrogens is 4. The molecule has 2 aliphatic rings. The molecule has 2 aromatic heterocycles. The molecular formula is C22H27N5O4. The SMILES string of the molecule is COC(=O)N1CCC(c2noc(-c3ccc4cn(C5COC(C)(C)C5)nc4c3)n2)CC1. The van der Waals surface area contributed by atoms with E-state index in [1.165, 1.54) is 7.11 Å². The number of amides is 1. The van der Waals surface area contributed by atoms with Gasteiger partial charge in [0.25, 0.3) is 5.89 Å². The Morgan fingerprint density at radius 3 is 2.77 bits per heavy atom. The second-order valence-corrected chi connectivity index (χ2v) is 9.00. The Kier molecular flexibility index (Phi) is 4.92. The van der Waals surface area contributed by atoms with E-state index in [9.17, 15) is 4.79 Å². The summed E-state index contributed by atoms with van der Waals surface area (Å²) < 4.78 is 18.2. The zero-order valence-electron chi connectivity index (χ0n) is 18.1. The van der Waals surface area contributed by atoms with Crippen LogP contribution in [0.2, 0.25) is 0 Å². The Balaban J connectivity index is 1.31. The van der Waals surface area contributed by atoms with Crippen LogP contribution in [0, 0.1) is 0 Å². The minimum absolute atomic E-state index is 0.110. The summed E-state index contributed by atoms with van der Waals surface area (Å²) in [5.41, 5.74) is 1.64. The Labute approximate surface area is 180 Å². The first-order valence-corrected chi connectivity index (χ1v) is 10.7. The lowest BCUT2D eigenvalue weighted by Gasteiger charge is -2.29. The van der Waals surface area contributed by atoms with Crippen LogP contribution < -0.4 is 0 Å². The van der Waals surface area contributed by atoms with Crippen molar-refractivity contribution in [3.05, 3.63) is 30.2 Å². The molecule has 2 fully saturated rings. The Bertz CT molecular complexity index is 1100. The van der Waals surface area contributed by atoms with Crippen molar-refractivity contribution in [1.29, 1.82) is 0 Å². The topological polar surface area (TPSA) is 95.5 Å². The van der Waals surface area contributed by atoms with Gasteiger partial charge in [-0.2, -0.15) is 10.1 Å². The smallest absolute Gasteiger partial charge is 0.409 e. The van der Waals surface area contributed by atoms with Crippen molar-refractivity contribution < 1.29 is 18.8 Å². The van der Waals surface area contributed by atoms with Gasteiger partial charge in [0.2, 0.25) is 0 Å². The second-order valence-electron chi connectivity index (χ2n) is 9.00. The summed E-state index contributed by atoms with van der Waals surface area (Å²) in [5, 5.41) is 10.1. The van der Waals surface area contributed by atoms with Crippen LogP contribution >= 0.6 is 0 Å². The van der Waals surface area contributed by atoms with Gasteiger partial charge in [0.05, 0.1) is 30.9 Å². The number of carbonyl (C=O) groups is 1. The van der Waals surface area contributed by atoms with Gasteiger partial charge in [0.15, 0.2) is 5.82 Å². The van der Waals surface area contributed by atoms with Crippen LogP contribution in [0.15, 0.2) is 28.9 Å². The molecule has 1 unspecified atom stereocenters. The van der Waals surface area contributed by atoms with Crippen LogP contribution in [0.4, 0.5) is 4.79 Å². The fraction of sp³-hybridized carbons (Fsp3) is 0.545. The molecule has 2 saturated heterocycles. The lowest BCUT2D eigenvalue weighted by molar-refractivity contribution is 0.0350. The molecule has 9 nitrogen and oxygen atoms in total. The number of hydrogen-bond donors (Lipinski definition) is 0. The predicted octanol–water partition coefficient (Wildman–Crippen LogP) is 3.77. The maximum absolute atomic E-state index is 11.7. The Morgan fingerprint density at radius 1 is 1.26 bits per heavy atom. The molecule has 1 atom stereocenters. The van der Waals surface area contributed by atoms with Gasteiger partial charge in [-0.3, -0.25) is 4.68 Å². The molecule has 9 heteroatoms. The first-order chi connectivity index (χ1) is 14.9. The molecule has 1 aromatic carbocycles. The normalized spacial score (nSPS) is 21.6. The third-order valence-corrected chi connectivity index (χ3v) is 6.27. The van der Waals surface area contributed by atoms with E-state index in [0.717, 1.165) is 35.7 Å². The lowest BCUT2D eigenvalue weighted by Crippen LogP contribution is -2.37. The fourth-order valence-electron chi connectivity index (χ4n) is 4.50. The third-order valence-electron chi connectivity index (χ3n) is 6.27. The molecule has 0 bridgehead atoms. The summed E-state index contributed by atoms with van der Waals surface area (Å²) in [6.07, 6.45) is 4.31. The molecular weight excluding hydrogens is 398 g/mol. The van der Waals surface area contributed by atoms with E-state index >= 15 is 0 Å². The maximum Gasteiger partial charge on any atom is 0.409 e. The second kappa shape index (κ2) is 7.64. The van der Waals surface area contributed by atoms with Gasteiger partial charge in [-0.15, -0.1) is 0 Å². The van der Waals surface area contributed by atoms with E-state index < -0.39 is 0 Å². The summed E-state index contributed by atoms with van der Waals surface area (Å²) in [6.45, 7) is 6.16. The number of likely N-dealkylation sites (tertiary alicyclic amines) is 1. The molecule has 31 heavy (non-hydrogen) atoms. The van der Waals surface area contributed by atoms with E-state index in [4.69, 9.17) is 19.1 Å². The van der Waals surface area contributed by atoms with Gasteiger partial charge < -0.3 is 18.9 Å². The van der Waals surface area contributed by atoms with Crippen LogP contribution in [0.1, 0.15) is 50.9 Å². The lowest BCUT2D eigenvalue weighted by atomic mass is 9.96. The summed E-state index contributed by atoms with van der Waals surface area (Å²) in [7, 11) is 1.40. The van der Waals surface area contributed by atoms with E-state index in [1.807, 2.05) is 22.9 Å². The molecule has 0 spiro atoms. The van der Waals surface area contributed by atoms with E-state index in [2.05, 4.69) is 30.2 Å². The van der Waals surface area contributed by atoms with E-state index in [0.29, 0.717) is 31.4 Å². The van der Waals surface area contributed by atoms with Crippen molar-refractivity contribution in [2.45, 2.75) is 50.7 Å². The monoisotopic (exact) mass is 425 g/mol. The first kappa shape index (κ1) is 20.0. The molecule has 0 radical (unpaired) electrons. The molecule has 3 aromatic rings. The summed E-state index contributed by atoms with van der Waals surface area (Å²) in [5.74, 6) is 1.36. The average molecular weight is 425 g/mol. The number of methoxy groups -OCH3 is 1. The first-order valence-electron chi connectivity index (χ1n) is 10.7. The molecule has 0 aliphatic carbocycles. The van der Waals surface area contributed by atoms with Crippen molar-refractivity contribution in [3.63, 3.8) is 0 Å². The van der Waals surface area contributed by atoms with Crippen LogP contribution in [0.25, 0.3) is 22.4 Å². The standard InChI is InChI=1S/C22H27N5O4/c1-22(2)11-17(13-30-22)27-12-16-5-4-15(10-18(16)24-27)20-23-19(25-31-20)14-6-8-26(9-7-14)21(28)29-3/h4-5,10,12,14,17H,6-9,11,13H2,1-3H3. The highest BCUT2D eigenvalue weighted by Crippen LogP contribution is 2.34. The fourth-order valence-corrected chi connectivity index (χ4v) is 4.50. The average Bonchev–Trinajstić information content (AvgIpc) is 3.50. The Morgan fingerprint density at radius 2 is 2.06 bits per heavy atom. The van der Waals surface area contributed by atoms with Gasteiger partial charge >= 0.3 is 6.09 Å². The van der Waals surface area contributed by atoms with Crippen LogP contribution in [0.5, 0.6) is 0 Å². The molecule has 2 aliphatic heterocycles. The van der Waals surface area contributed by atoms with Crippen LogP contribution in [-0.4, -0.2) is 63.3 Å². The molecule has 4 heterocycles. The number of carbonyl (C=O) groups excluding carboxylic acids is 1. The van der Waals surface area contributed by atoms with Crippen LogP contribution in [0.3, 0.4) is 0 Å². The number of fused-ring (bicyclic) bond motifs is 1. The van der Waals surface area contributed by atoms with E-state index in [-0.39, 0.29) is 23.7 Å². The van der Waals surface area contributed by atoms with Gasteiger partial charge in [-0.25, -0.2) is 4.79 Å². The van der Waals surface area contributed by atoms with Gasteiger partial charge in [-0.1, -0.05) is 11.2 Å². The van der Waals surface area contributed by atoms with Crippen molar-refractivity contribution >= 4 is 17.0 Å². The van der Waals surface area contributed by atoms with Gasteiger partial charge in [0.1, 0.15) is 0 Å². The molecule has 0 N–H and O–H groups in total.